The first-order valence-electron chi connectivity index (χ1n) is 6.13. The van der Waals surface area contributed by atoms with Gasteiger partial charge in [-0.25, -0.2) is 0 Å². The number of halogens is 1. The zero-order chi connectivity index (χ0) is 15.4. The summed E-state index contributed by atoms with van der Waals surface area (Å²) in [4.78, 5) is 0.333. The second-order valence-corrected chi connectivity index (χ2v) is 5.60. The van der Waals surface area contributed by atoms with Gasteiger partial charge < -0.3 is 20.5 Å². The third kappa shape index (κ3) is 3.65. The normalized spacial score (nSPS) is 10.0. The lowest BCUT2D eigenvalue weighted by Gasteiger charge is -2.14. The van der Waals surface area contributed by atoms with Crippen molar-refractivity contribution in [1.82, 2.24) is 0 Å². The molecular weight excluding hydrogens is 352 g/mol. The van der Waals surface area contributed by atoms with Gasteiger partial charge in [0, 0.05) is 27.5 Å². The molecule has 0 atom stereocenters. The summed E-state index contributed by atoms with van der Waals surface area (Å²) in [6.07, 6.45) is 0. The number of benzene rings is 2. The van der Waals surface area contributed by atoms with Gasteiger partial charge in [-0.1, -0.05) is 28.1 Å². The molecule has 0 saturated carbocycles. The molecule has 0 saturated heterocycles. The number of ether oxygens (including phenoxy) is 2. The van der Waals surface area contributed by atoms with Crippen LogP contribution >= 0.6 is 28.1 Å². The number of nitrogens with two attached hydrogens (primary N) is 1. The summed E-state index contributed by atoms with van der Waals surface area (Å²) in [5.74, 6) is 1.32. The fourth-order valence-electron chi connectivity index (χ4n) is 1.90. The number of methoxy groups -OCH3 is 2. The first kappa shape index (κ1) is 15.6. The van der Waals surface area contributed by atoms with E-state index >= 15 is 0 Å². The fourth-order valence-corrected chi connectivity index (χ4v) is 2.43. The molecule has 6 heteroatoms. The standard InChI is InChI=1S/C15H15BrN2O2S/c1-19-13-6-4-10(8-14(13)20-2)18-12-5-3-9(16)7-11(12)15(17)21/h3-8,18H,1-2H3,(H2,17,21). The molecule has 2 rings (SSSR count). The Hall–Kier alpha value is -1.79. The predicted octanol–water partition coefficient (Wildman–Crippen LogP) is 3.84. The number of thiocarbonyl (C=S) groups is 1. The summed E-state index contributed by atoms with van der Waals surface area (Å²) in [5.41, 5.74) is 8.22. The third-order valence-electron chi connectivity index (χ3n) is 2.91. The van der Waals surface area contributed by atoms with E-state index in [1.165, 1.54) is 0 Å². The largest absolute Gasteiger partial charge is 0.493 e. The van der Waals surface area contributed by atoms with E-state index in [1.54, 1.807) is 14.2 Å². The van der Waals surface area contributed by atoms with E-state index < -0.39 is 0 Å². The highest BCUT2D eigenvalue weighted by atomic mass is 79.9. The van der Waals surface area contributed by atoms with Gasteiger partial charge >= 0.3 is 0 Å². The lowest BCUT2D eigenvalue weighted by atomic mass is 10.1. The van der Waals surface area contributed by atoms with E-state index in [4.69, 9.17) is 27.4 Å². The third-order valence-corrected chi connectivity index (χ3v) is 3.62. The van der Waals surface area contributed by atoms with Crippen molar-refractivity contribution in [3.8, 4) is 11.5 Å². The smallest absolute Gasteiger partial charge is 0.162 e. The lowest BCUT2D eigenvalue weighted by Crippen LogP contribution is -2.12. The molecule has 0 radical (unpaired) electrons. The maximum Gasteiger partial charge on any atom is 0.162 e. The predicted molar refractivity (Wildman–Crippen MR) is 92.9 cm³/mol. The van der Waals surface area contributed by atoms with E-state index in [-0.39, 0.29) is 0 Å². The van der Waals surface area contributed by atoms with Gasteiger partial charge in [0.05, 0.1) is 14.2 Å². The maximum absolute atomic E-state index is 5.76. The number of hydrogen-bond acceptors (Lipinski definition) is 4. The molecule has 0 heterocycles. The molecule has 3 N–H and O–H groups in total. The Morgan fingerprint density at radius 3 is 2.43 bits per heavy atom. The van der Waals surface area contributed by atoms with Crippen LogP contribution in [0.5, 0.6) is 11.5 Å². The topological polar surface area (TPSA) is 56.5 Å². The van der Waals surface area contributed by atoms with Crippen LogP contribution in [0.25, 0.3) is 0 Å². The molecule has 0 bridgehead atoms. The molecule has 0 spiro atoms. The minimum atomic E-state index is 0.333. The maximum atomic E-state index is 5.76. The van der Waals surface area contributed by atoms with Crippen LogP contribution in [0.4, 0.5) is 11.4 Å². The molecule has 0 aromatic heterocycles. The second-order valence-electron chi connectivity index (χ2n) is 4.25. The number of nitrogens with one attached hydrogen (secondary N) is 1. The average Bonchev–Trinajstić information content (AvgIpc) is 2.48. The molecule has 0 aliphatic carbocycles. The van der Waals surface area contributed by atoms with E-state index in [0.29, 0.717) is 16.5 Å². The first-order valence-corrected chi connectivity index (χ1v) is 7.33. The summed E-state index contributed by atoms with van der Waals surface area (Å²) in [5, 5.41) is 3.28. The minimum Gasteiger partial charge on any atom is -0.493 e. The van der Waals surface area contributed by atoms with Crippen LogP contribution in [0.1, 0.15) is 5.56 Å². The molecule has 2 aromatic rings. The molecular formula is C15H15BrN2O2S. The highest BCUT2D eigenvalue weighted by Crippen LogP contribution is 2.32. The van der Waals surface area contributed by atoms with Gasteiger partial charge in [-0.3, -0.25) is 0 Å². The summed E-state index contributed by atoms with van der Waals surface area (Å²) in [6.45, 7) is 0. The zero-order valence-electron chi connectivity index (χ0n) is 11.6. The van der Waals surface area contributed by atoms with Crippen LogP contribution in [0.2, 0.25) is 0 Å². The van der Waals surface area contributed by atoms with Crippen molar-refractivity contribution in [3.63, 3.8) is 0 Å². The second kappa shape index (κ2) is 6.78. The molecule has 0 amide bonds. The van der Waals surface area contributed by atoms with Crippen LogP contribution in [0, 0.1) is 0 Å². The number of rotatable bonds is 5. The highest BCUT2D eigenvalue weighted by molar-refractivity contribution is 9.10. The van der Waals surface area contributed by atoms with Crippen molar-refractivity contribution in [1.29, 1.82) is 0 Å². The van der Waals surface area contributed by atoms with Gasteiger partial charge in [0.15, 0.2) is 11.5 Å². The van der Waals surface area contributed by atoms with E-state index in [0.717, 1.165) is 21.4 Å². The van der Waals surface area contributed by atoms with Gasteiger partial charge in [-0.2, -0.15) is 0 Å². The van der Waals surface area contributed by atoms with Gasteiger partial charge in [0.25, 0.3) is 0 Å². The molecule has 4 nitrogen and oxygen atoms in total. The van der Waals surface area contributed by atoms with Gasteiger partial charge in [-0.05, 0) is 30.3 Å². The van der Waals surface area contributed by atoms with Crippen molar-refractivity contribution in [3.05, 3.63) is 46.4 Å². The van der Waals surface area contributed by atoms with Crippen LogP contribution in [-0.4, -0.2) is 19.2 Å². The Bertz CT molecular complexity index is 677. The monoisotopic (exact) mass is 366 g/mol. The van der Waals surface area contributed by atoms with Gasteiger partial charge in [0.1, 0.15) is 4.99 Å². The summed E-state index contributed by atoms with van der Waals surface area (Å²) >= 11 is 8.50. The van der Waals surface area contributed by atoms with Crippen molar-refractivity contribution < 1.29 is 9.47 Å². The van der Waals surface area contributed by atoms with E-state index in [1.807, 2.05) is 36.4 Å². The number of hydrogen-bond donors (Lipinski definition) is 2. The molecule has 2 aromatic carbocycles. The van der Waals surface area contributed by atoms with E-state index in [9.17, 15) is 0 Å². The number of anilines is 2. The molecule has 0 aliphatic heterocycles. The molecule has 0 fully saturated rings. The molecule has 0 aliphatic rings. The van der Waals surface area contributed by atoms with Crippen LogP contribution in [0.15, 0.2) is 40.9 Å². The Balaban J connectivity index is 2.36. The summed E-state index contributed by atoms with van der Waals surface area (Å²) in [7, 11) is 3.20. The van der Waals surface area contributed by atoms with Crippen molar-refractivity contribution in [2.75, 3.05) is 19.5 Å². The Kier molecular flexibility index (Phi) is 5.03. The van der Waals surface area contributed by atoms with Gasteiger partial charge in [0.2, 0.25) is 0 Å². The SMILES string of the molecule is COc1ccc(Nc2ccc(Br)cc2C(N)=S)cc1OC. The fraction of sp³-hybridized carbons (Fsp3) is 0.133. The molecule has 0 unspecified atom stereocenters. The van der Waals surface area contributed by atoms with Crippen LogP contribution < -0.4 is 20.5 Å². The zero-order valence-corrected chi connectivity index (χ0v) is 14.0. The Labute approximate surface area is 137 Å². The summed E-state index contributed by atoms with van der Waals surface area (Å²) in [6, 6.07) is 11.3. The van der Waals surface area contributed by atoms with Crippen molar-refractivity contribution in [2.45, 2.75) is 0 Å². The Morgan fingerprint density at radius 2 is 1.81 bits per heavy atom. The molecule has 21 heavy (non-hydrogen) atoms. The summed E-state index contributed by atoms with van der Waals surface area (Å²) < 4.78 is 11.4. The first-order chi connectivity index (χ1) is 10.0. The van der Waals surface area contributed by atoms with Crippen molar-refractivity contribution >= 4 is 44.5 Å². The quantitative estimate of drug-likeness (QED) is 0.787. The van der Waals surface area contributed by atoms with Crippen molar-refractivity contribution in [2.24, 2.45) is 5.73 Å². The van der Waals surface area contributed by atoms with E-state index in [2.05, 4.69) is 21.2 Å². The van der Waals surface area contributed by atoms with Gasteiger partial charge in [-0.15, -0.1) is 0 Å². The lowest BCUT2D eigenvalue weighted by molar-refractivity contribution is 0.355. The highest BCUT2D eigenvalue weighted by Gasteiger charge is 2.09. The Morgan fingerprint density at radius 1 is 1.10 bits per heavy atom. The van der Waals surface area contributed by atoms with Crippen LogP contribution in [0.3, 0.4) is 0 Å². The van der Waals surface area contributed by atoms with Crippen LogP contribution in [-0.2, 0) is 0 Å². The molecule has 110 valence electrons. The average molecular weight is 367 g/mol. The minimum absolute atomic E-state index is 0.333.